The highest BCUT2D eigenvalue weighted by Gasteiger charge is 2.11. The van der Waals surface area contributed by atoms with E-state index in [-0.39, 0.29) is 17.1 Å². The maximum Gasteiger partial charge on any atom is 0.172 e. The first kappa shape index (κ1) is 11.9. The molecular weight excluding hydrogens is 233 g/mol. The molecule has 0 aliphatic rings. The third kappa shape index (κ3) is 1.98. The molecule has 3 nitrogen and oxygen atoms in total. The molecule has 0 atom stereocenters. The Balaban J connectivity index is 2.59. The number of aromatic hydroxyl groups is 1. The average molecular weight is 243 g/mol. The molecular formula is C14H10FNO2. The van der Waals surface area contributed by atoms with Crippen LogP contribution < -0.4 is 4.74 Å². The fraction of sp³-hybridized carbons (Fsp3) is 0.0714. The van der Waals surface area contributed by atoms with E-state index in [1.165, 1.54) is 25.3 Å². The van der Waals surface area contributed by atoms with Crippen LogP contribution in [-0.2, 0) is 0 Å². The van der Waals surface area contributed by atoms with Gasteiger partial charge in [-0.15, -0.1) is 0 Å². The Kier molecular flexibility index (Phi) is 3.16. The van der Waals surface area contributed by atoms with Gasteiger partial charge in [0.25, 0.3) is 0 Å². The average Bonchev–Trinajstić information content (AvgIpc) is 2.40. The third-order valence-electron chi connectivity index (χ3n) is 2.61. The summed E-state index contributed by atoms with van der Waals surface area (Å²) in [6.07, 6.45) is 0. The van der Waals surface area contributed by atoms with E-state index in [0.29, 0.717) is 11.1 Å². The number of phenols is 1. The number of phenolic OH excluding ortho intramolecular Hbond substituents is 1. The van der Waals surface area contributed by atoms with Gasteiger partial charge in [0.05, 0.1) is 12.7 Å². The number of benzene rings is 2. The maximum atomic E-state index is 14.0. The molecule has 4 heteroatoms. The molecule has 0 fully saturated rings. The van der Waals surface area contributed by atoms with Crippen LogP contribution >= 0.6 is 0 Å². The fourth-order valence-corrected chi connectivity index (χ4v) is 1.68. The van der Waals surface area contributed by atoms with Crippen LogP contribution in [0.5, 0.6) is 11.5 Å². The Hall–Kier alpha value is -2.54. The highest BCUT2D eigenvalue weighted by atomic mass is 19.1. The molecule has 90 valence electrons. The van der Waals surface area contributed by atoms with E-state index >= 15 is 0 Å². The van der Waals surface area contributed by atoms with Crippen LogP contribution in [0.1, 0.15) is 5.56 Å². The summed E-state index contributed by atoms with van der Waals surface area (Å²) in [6.45, 7) is 0. The van der Waals surface area contributed by atoms with Crippen molar-refractivity contribution in [2.45, 2.75) is 0 Å². The lowest BCUT2D eigenvalue weighted by atomic mass is 10.0. The number of methoxy groups -OCH3 is 1. The van der Waals surface area contributed by atoms with Gasteiger partial charge in [-0.3, -0.25) is 0 Å². The molecule has 0 aliphatic carbocycles. The minimum Gasteiger partial charge on any atom is -0.507 e. The van der Waals surface area contributed by atoms with Gasteiger partial charge in [-0.2, -0.15) is 5.26 Å². The molecule has 2 aromatic carbocycles. The number of hydrogen-bond donors (Lipinski definition) is 1. The van der Waals surface area contributed by atoms with Crippen molar-refractivity contribution in [3.05, 3.63) is 47.8 Å². The monoisotopic (exact) mass is 243 g/mol. The zero-order valence-electron chi connectivity index (χ0n) is 9.64. The number of hydrogen-bond acceptors (Lipinski definition) is 3. The van der Waals surface area contributed by atoms with Crippen molar-refractivity contribution < 1.29 is 14.2 Å². The largest absolute Gasteiger partial charge is 0.507 e. The Morgan fingerprint density at radius 2 is 2.06 bits per heavy atom. The molecule has 0 amide bonds. The molecule has 1 N–H and O–H groups in total. The summed E-state index contributed by atoms with van der Waals surface area (Å²) >= 11 is 0. The number of ether oxygens (including phenoxy) is 1. The topological polar surface area (TPSA) is 53.2 Å². The lowest BCUT2D eigenvalue weighted by molar-refractivity contribution is 0.387. The fourth-order valence-electron chi connectivity index (χ4n) is 1.68. The smallest absolute Gasteiger partial charge is 0.172 e. The summed E-state index contributed by atoms with van der Waals surface area (Å²) in [6, 6.07) is 11.0. The maximum absolute atomic E-state index is 14.0. The van der Waals surface area contributed by atoms with Gasteiger partial charge in [0.1, 0.15) is 11.8 Å². The van der Waals surface area contributed by atoms with E-state index in [9.17, 15) is 9.50 Å². The number of rotatable bonds is 2. The second kappa shape index (κ2) is 4.76. The standard InChI is InChI=1S/C14H10FNO2/c1-18-13-4-2-3-11(14(13)15)9-5-6-12(17)10(7-9)8-16/h2-7,17H,1H3. The van der Waals surface area contributed by atoms with Crippen LogP contribution in [0.15, 0.2) is 36.4 Å². The van der Waals surface area contributed by atoms with Gasteiger partial charge in [-0.1, -0.05) is 18.2 Å². The van der Waals surface area contributed by atoms with Crippen molar-refractivity contribution in [2.75, 3.05) is 7.11 Å². The SMILES string of the molecule is COc1cccc(-c2ccc(O)c(C#N)c2)c1F. The Morgan fingerprint density at radius 3 is 2.72 bits per heavy atom. The van der Waals surface area contributed by atoms with Gasteiger partial charge >= 0.3 is 0 Å². The molecule has 0 bridgehead atoms. The lowest BCUT2D eigenvalue weighted by Gasteiger charge is -2.08. The van der Waals surface area contributed by atoms with Crippen molar-refractivity contribution in [3.8, 4) is 28.7 Å². The number of nitriles is 1. The number of halogens is 1. The Labute approximate surface area is 104 Å². The summed E-state index contributed by atoms with van der Waals surface area (Å²) in [7, 11) is 1.39. The van der Waals surface area contributed by atoms with Crippen LogP contribution in [-0.4, -0.2) is 12.2 Å². The van der Waals surface area contributed by atoms with Gasteiger partial charge in [0, 0.05) is 5.56 Å². The summed E-state index contributed by atoms with van der Waals surface area (Å²) in [4.78, 5) is 0. The van der Waals surface area contributed by atoms with Crippen LogP contribution in [0, 0.1) is 17.1 Å². The first-order valence-electron chi connectivity index (χ1n) is 5.23. The second-order valence-corrected chi connectivity index (χ2v) is 3.67. The predicted molar refractivity (Wildman–Crippen MR) is 64.8 cm³/mol. The van der Waals surface area contributed by atoms with E-state index < -0.39 is 5.82 Å². The molecule has 0 aliphatic heterocycles. The molecule has 0 saturated heterocycles. The zero-order valence-corrected chi connectivity index (χ0v) is 9.64. The van der Waals surface area contributed by atoms with Gasteiger partial charge in [0.2, 0.25) is 0 Å². The summed E-state index contributed by atoms with van der Waals surface area (Å²) in [5.41, 5.74) is 0.946. The van der Waals surface area contributed by atoms with Gasteiger partial charge in [-0.05, 0) is 23.8 Å². The van der Waals surface area contributed by atoms with Crippen LogP contribution in [0.25, 0.3) is 11.1 Å². The molecule has 0 aromatic heterocycles. The van der Waals surface area contributed by atoms with Crippen LogP contribution in [0.2, 0.25) is 0 Å². The molecule has 2 rings (SSSR count). The van der Waals surface area contributed by atoms with Crippen LogP contribution in [0.3, 0.4) is 0 Å². The lowest BCUT2D eigenvalue weighted by Crippen LogP contribution is -1.91. The van der Waals surface area contributed by atoms with E-state index in [1.807, 2.05) is 6.07 Å². The minimum atomic E-state index is -0.491. The molecule has 0 saturated carbocycles. The van der Waals surface area contributed by atoms with Gasteiger partial charge < -0.3 is 9.84 Å². The summed E-state index contributed by atoms with van der Waals surface area (Å²) < 4.78 is 18.9. The molecule has 18 heavy (non-hydrogen) atoms. The van der Waals surface area contributed by atoms with E-state index in [4.69, 9.17) is 10.00 Å². The van der Waals surface area contributed by atoms with E-state index in [1.54, 1.807) is 18.2 Å². The highest BCUT2D eigenvalue weighted by Crippen LogP contribution is 2.31. The van der Waals surface area contributed by atoms with Gasteiger partial charge in [-0.25, -0.2) is 4.39 Å². The highest BCUT2D eigenvalue weighted by molar-refractivity contribution is 5.69. The predicted octanol–water partition coefficient (Wildman–Crippen LogP) is 3.08. The first-order chi connectivity index (χ1) is 8.67. The number of nitrogens with zero attached hydrogens (tertiary/aromatic N) is 1. The van der Waals surface area contributed by atoms with Gasteiger partial charge in [0.15, 0.2) is 11.6 Å². The van der Waals surface area contributed by atoms with Crippen molar-refractivity contribution in [1.82, 2.24) is 0 Å². The summed E-state index contributed by atoms with van der Waals surface area (Å²) in [5, 5.41) is 18.2. The minimum absolute atomic E-state index is 0.106. The Morgan fingerprint density at radius 1 is 1.28 bits per heavy atom. The van der Waals surface area contributed by atoms with Crippen LogP contribution in [0.4, 0.5) is 4.39 Å². The summed E-state index contributed by atoms with van der Waals surface area (Å²) in [5.74, 6) is -0.474. The molecule has 0 spiro atoms. The first-order valence-corrected chi connectivity index (χ1v) is 5.23. The molecule has 0 unspecified atom stereocenters. The van der Waals surface area contributed by atoms with Crippen molar-refractivity contribution in [1.29, 1.82) is 5.26 Å². The van der Waals surface area contributed by atoms with E-state index in [0.717, 1.165) is 0 Å². The normalized spacial score (nSPS) is 9.83. The molecule has 0 radical (unpaired) electrons. The third-order valence-corrected chi connectivity index (χ3v) is 2.61. The van der Waals surface area contributed by atoms with Crippen molar-refractivity contribution in [2.24, 2.45) is 0 Å². The molecule has 0 heterocycles. The van der Waals surface area contributed by atoms with Crippen molar-refractivity contribution in [3.63, 3.8) is 0 Å². The molecule has 2 aromatic rings. The second-order valence-electron chi connectivity index (χ2n) is 3.67. The zero-order chi connectivity index (χ0) is 13.1. The Bertz CT molecular complexity index is 632. The quantitative estimate of drug-likeness (QED) is 0.881. The van der Waals surface area contributed by atoms with Crippen molar-refractivity contribution >= 4 is 0 Å². The van der Waals surface area contributed by atoms with E-state index in [2.05, 4.69) is 0 Å².